The number of nitrogens with zero attached hydrogens (tertiary/aromatic N) is 5. The summed E-state index contributed by atoms with van der Waals surface area (Å²) >= 11 is 0. The van der Waals surface area contributed by atoms with Crippen LogP contribution in [-0.4, -0.2) is 37.6 Å². The molecule has 25 heavy (non-hydrogen) atoms. The van der Waals surface area contributed by atoms with Crippen molar-refractivity contribution in [1.29, 1.82) is 0 Å². The van der Waals surface area contributed by atoms with Gasteiger partial charge < -0.3 is 9.47 Å². The molecule has 0 aliphatic carbocycles. The quantitative estimate of drug-likeness (QED) is 0.733. The number of fused-ring (bicyclic) bond motifs is 1. The Bertz CT molecular complexity index is 875. The third-order valence-electron chi connectivity index (χ3n) is 4.55. The molecule has 3 aromatic rings. The lowest BCUT2D eigenvalue weighted by Crippen LogP contribution is -2.41. The fourth-order valence-electron chi connectivity index (χ4n) is 3.30. The first-order valence-corrected chi connectivity index (χ1v) is 8.33. The molecule has 4 rings (SSSR count). The molecule has 0 radical (unpaired) electrons. The highest BCUT2D eigenvalue weighted by molar-refractivity contribution is 5.81. The summed E-state index contributed by atoms with van der Waals surface area (Å²) in [5.41, 5.74) is 2.19. The van der Waals surface area contributed by atoms with Crippen LogP contribution >= 0.6 is 0 Å². The van der Waals surface area contributed by atoms with Gasteiger partial charge in [0.2, 0.25) is 5.91 Å². The maximum Gasteiger partial charge on any atom is 0.246 e. The van der Waals surface area contributed by atoms with Crippen molar-refractivity contribution in [2.24, 2.45) is 0 Å². The maximum atomic E-state index is 12.8. The third kappa shape index (κ3) is 3.03. The molecule has 1 atom stereocenters. The van der Waals surface area contributed by atoms with E-state index < -0.39 is 0 Å². The Morgan fingerprint density at radius 3 is 2.64 bits per heavy atom. The molecular weight excluding hydrogens is 314 g/mol. The van der Waals surface area contributed by atoms with Crippen molar-refractivity contribution in [2.45, 2.75) is 25.4 Å². The van der Waals surface area contributed by atoms with E-state index in [1.165, 1.54) is 0 Å². The van der Waals surface area contributed by atoms with Gasteiger partial charge in [0.1, 0.15) is 11.9 Å². The zero-order chi connectivity index (χ0) is 17.2. The van der Waals surface area contributed by atoms with Gasteiger partial charge in [-0.1, -0.05) is 36.4 Å². The molecule has 126 valence electrons. The Morgan fingerprint density at radius 1 is 1.08 bits per heavy atom. The van der Waals surface area contributed by atoms with Crippen molar-refractivity contribution in [3.8, 4) is 0 Å². The molecule has 0 spiro atoms. The molecule has 3 heterocycles. The molecule has 1 amide bonds. The lowest BCUT2D eigenvalue weighted by molar-refractivity contribution is -0.136. The minimum absolute atomic E-state index is 0.101. The molecule has 0 saturated carbocycles. The standard InChI is InChI=1S/C19H19N5O/c1-23-13-18-22-21-17(11-15-8-5-9-20-12-15)24(18)16(19(23)25)10-14-6-3-2-4-7-14/h2-9,12,16H,10-11,13H2,1H3/t16-/m0/s1. The summed E-state index contributed by atoms with van der Waals surface area (Å²) in [6.45, 7) is 0.490. The van der Waals surface area contributed by atoms with Crippen LogP contribution in [0.2, 0.25) is 0 Å². The van der Waals surface area contributed by atoms with Crippen molar-refractivity contribution < 1.29 is 4.79 Å². The highest BCUT2D eigenvalue weighted by atomic mass is 16.2. The molecular formula is C19H19N5O. The predicted octanol–water partition coefficient (Wildman–Crippen LogP) is 2.02. The van der Waals surface area contributed by atoms with Gasteiger partial charge in [-0.2, -0.15) is 0 Å². The largest absolute Gasteiger partial charge is 0.336 e. The van der Waals surface area contributed by atoms with Gasteiger partial charge in [-0.25, -0.2) is 0 Å². The number of carbonyl (C=O) groups excluding carboxylic acids is 1. The van der Waals surface area contributed by atoms with Gasteiger partial charge in [0.15, 0.2) is 5.82 Å². The van der Waals surface area contributed by atoms with Gasteiger partial charge >= 0.3 is 0 Å². The Labute approximate surface area is 146 Å². The number of hydrogen-bond donors (Lipinski definition) is 0. The smallest absolute Gasteiger partial charge is 0.246 e. The highest BCUT2D eigenvalue weighted by Gasteiger charge is 2.34. The van der Waals surface area contributed by atoms with E-state index in [4.69, 9.17) is 0 Å². The van der Waals surface area contributed by atoms with Crippen LogP contribution < -0.4 is 0 Å². The second-order valence-electron chi connectivity index (χ2n) is 6.34. The number of benzene rings is 1. The van der Waals surface area contributed by atoms with Crippen LogP contribution in [0.25, 0.3) is 0 Å². The second kappa shape index (κ2) is 6.47. The van der Waals surface area contributed by atoms with Gasteiger partial charge in [0, 0.05) is 32.3 Å². The van der Waals surface area contributed by atoms with Gasteiger partial charge in [-0.05, 0) is 17.2 Å². The predicted molar refractivity (Wildman–Crippen MR) is 92.7 cm³/mol. The molecule has 6 heteroatoms. The molecule has 0 unspecified atom stereocenters. The number of likely N-dealkylation sites (N-methyl/N-ethyl adjacent to an activating group) is 1. The van der Waals surface area contributed by atoms with E-state index >= 15 is 0 Å². The summed E-state index contributed by atoms with van der Waals surface area (Å²) in [6, 6.07) is 13.7. The molecule has 0 N–H and O–H groups in total. The molecule has 1 aliphatic heterocycles. The van der Waals surface area contributed by atoms with E-state index in [0.29, 0.717) is 19.4 Å². The molecule has 2 aromatic heterocycles. The van der Waals surface area contributed by atoms with E-state index in [9.17, 15) is 4.79 Å². The fraction of sp³-hybridized carbons (Fsp3) is 0.263. The SMILES string of the molecule is CN1Cc2nnc(Cc3cccnc3)n2[C@@H](Cc2ccccc2)C1=O. The van der Waals surface area contributed by atoms with Gasteiger partial charge in [-0.3, -0.25) is 9.78 Å². The minimum Gasteiger partial charge on any atom is -0.336 e. The first kappa shape index (κ1) is 15.5. The van der Waals surface area contributed by atoms with Crippen molar-refractivity contribution in [2.75, 3.05) is 7.05 Å². The third-order valence-corrected chi connectivity index (χ3v) is 4.55. The van der Waals surface area contributed by atoms with E-state index in [1.807, 2.05) is 60.3 Å². The van der Waals surface area contributed by atoms with Gasteiger partial charge in [0.25, 0.3) is 0 Å². The summed E-state index contributed by atoms with van der Waals surface area (Å²) in [6.07, 6.45) is 4.82. The summed E-state index contributed by atoms with van der Waals surface area (Å²) in [7, 11) is 1.82. The second-order valence-corrected chi connectivity index (χ2v) is 6.34. The molecule has 1 aromatic carbocycles. The van der Waals surface area contributed by atoms with Crippen LogP contribution in [0.4, 0.5) is 0 Å². The number of aromatic nitrogens is 4. The first-order valence-electron chi connectivity index (χ1n) is 8.33. The monoisotopic (exact) mass is 333 g/mol. The number of pyridine rings is 1. The Hall–Kier alpha value is -3.02. The van der Waals surface area contributed by atoms with Gasteiger partial charge in [-0.15, -0.1) is 10.2 Å². The zero-order valence-corrected chi connectivity index (χ0v) is 14.0. The average molecular weight is 333 g/mol. The van der Waals surface area contributed by atoms with E-state index in [1.54, 1.807) is 11.1 Å². The highest BCUT2D eigenvalue weighted by Crippen LogP contribution is 2.26. The van der Waals surface area contributed by atoms with Crippen LogP contribution in [0.3, 0.4) is 0 Å². The molecule has 1 aliphatic rings. The van der Waals surface area contributed by atoms with Crippen LogP contribution in [0.15, 0.2) is 54.9 Å². The zero-order valence-electron chi connectivity index (χ0n) is 14.0. The lowest BCUT2D eigenvalue weighted by atomic mass is 10.0. The van der Waals surface area contributed by atoms with Crippen molar-refractivity contribution in [3.05, 3.63) is 77.6 Å². The minimum atomic E-state index is -0.308. The van der Waals surface area contributed by atoms with Crippen molar-refractivity contribution >= 4 is 5.91 Å². The van der Waals surface area contributed by atoms with E-state index in [0.717, 1.165) is 22.8 Å². The number of amides is 1. The fourth-order valence-corrected chi connectivity index (χ4v) is 3.30. The molecule has 0 saturated heterocycles. The lowest BCUT2D eigenvalue weighted by Gasteiger charge is -2.31. The number of carbonyl (C=O) groups is 1. The summed E-state index contributed by atoms with van der Waals surface area (Å²) in [5.74, 6) is 1.75. The summed E-state index contributed by atoms with van der Waals surface area (Å²) < 4.78 is 2.02. The summed E-state index contributed by atoms with van der Waals surface area (Å²) in [5, 5.41) is 8.69. The Balaban J connectivity index is 1.71. The van der Waals surface area contributed by atoms with Crippen LogP contribution in [0.1, 0.15) is 28.8 Å². The van der Waals surface area contributed by atoms with E-state index in [-0.39, 0.29) is 11.9 Å². The van der Waals surface area contributed by atoms with Crippen molar-refractivity contribution in [1.82, 2.24) is 24.6 Å². The van der Waals surface area contributed by atoms with Crippen LogP contribution in [-0.2, 0) is 24.2 Å². The maximum absolute atomic E-state index is 12.8. The van der Waals surface area contributed by atoms with Crippen molar-refractivity contribution in [3.63, 3.8) is 0 Å². The van der Waals surface area contributed by atoms with Gasteiger partial charge in [0.05, 0.1) is 6.54 Å². The van der Waals surface area contributed by atoms with Crippen LogP contribution in [0.5, 0.6) is 0 Å². The Morgan fingerprint density at radius 2 is 1.88 bits per heavy atom. The molecule has 0 bridgehead atoms. The van der Waals surface area contributed by atoms with Crippen LogP contribution in [0, 0.1) is 0 Å². The average Bonchev–Trinajstić information content (AvgIpc) is 3.03. The molecule has 6 nitrogen and oxygen atoms in total. The topological polar surface area (TPSA) is 63.9 Å². The summed E-state index contributed by atoms with van der Waals surface area (Å²) in [4.78, 5) is 18.7. The number of hydrogen-bond acceptors (Lipinski definition) is 4. The van der Waals surface area contributed by atoms with E-state index in [2.05, 4.69) is 15.2 Å². The normalized spacial score (nSPS) is 16.8. The number of rotatable bonds is 4. The Kier molecular flexibility index (Phi) is 4.01. The first-order chi connectivity index (χ1) is 12.2. The molecule has 0 fully saturated rings.